The van der Waals surface area contributed by atoms with Gasteiger partial charge in [-0.05, 0) is 28.8 Å². The van der Waals surface area contributed by atoms with E-state index in [0.29, 0.717) is 13.2 Å². The molecule has 0 radical (unpaired) electrons. The van der Waals surface area contributed by atoms with Gasteiger partial charge in [-0.3, -0.25) is 0 Å². The molecule has 2 atom stereocenters. The molecule has 18 heavy (non-hydrogen) atoms. The fourth-order valence-corrected chi connectivity index (χ4v) is 2.39. The Morgan fingerprint density at radius 2 is 2.28 bits per heavy atom. The van der Waals surface area contributed by atoms with E-state index in [9.17, 15) is 5.11 Å². The highest BCUT2D eigenvalue weighted by Crippen LogP contribution is 2.36. The van der Waals surface area contributed by atoms with E-state index in [1.54, 1.807) is 6.26 Å². The van der Waals surface area contributed by atoms with Crippen molar-refractivity contribution >= 4 is 19.5 Å². The molecule has 3 rings (SSSR count). The van der Waals surface area contributed by atoms with E-state index in [4.69, 9.17) is 19.8 Å². The zero-order valence-electron chi connectivity index (χ0n) is 9.74. The van der Waals surface area contributed by atoms with Crippen molar-refractivity contribution in [1.29, 1.82) is 0 Å². The largest absolute Gasteiger partial charge is 0.497 e. The summed E-state index contributed by atoms with van der Waals surface area (Å²) in [6.45, 7) is 0.772. The molecule has 3 heterocycles. The summed E-state index contributed by atoms with van der Waals surface area (Å²) >= 11 is 0. The first kappa shape index (κ1) is 13.6. The number of ether oxygens (including phenoxy) is 1. The van der Waals surface area contributed by atoms with Gasteiger partial charge in [-0.2, -0.15) is 0 Å². The molecule has 3 aliphatic rings. The van der Waals surface area contributed by atoms with Crippen LogP contribution in [-0.4, -0.2) is 44.2 Å². The summed E-state index contributed by atoms with van der Waals surface area (Å²) < 4.78 is 16.7. The molecule has 0 aromatic rings. The highest BCUT2D eigenvalue weighted by Gasteiger charge is 2.44. The molecule has 7 heteroatoms. The molecule has 3 aliphatic heterocycles. The van der Waals surface area contributed by atoms with Gasteiger partial charge in [0, 0.05) is 6.54 Å². The van der Waals surface area contributed by atoms with Gasteiger partial charge in [0.2, 0.25) is 0 Å². The molecule has 98 valence electrons. The number of aliphatic hydroxyl groups is 1. The maximum absolute atomic E-state index is 9.31. The standard InChI is InChI=1S/C11H14BNO4.ClH/c13-4-8-3-7-1-2-15-6-9-10(5-14)17-12(16-8)11(7)9;/h1-3,8,10,14H,4-6,13H2;1H/t8-,10-;/m0./s1. The van der Waals surface area contributed by atoms with Gasteiger partial charge in [-0.1, -0.05) is 0 Å². The fourth-order valence-electron chi connectivity index (χ4n) is 2.39. The third-order valence-corrected chi connectivity index (χ3v) is 3.21. The predicted molar refractivity (Wildman–Crippen MR) is 69.1 cm³/mol. The zero-order valence-corrected chi connectivity index (χ0v) is 10.6. The Hall–Kier alpha value is -0.785. The average molecular weight is 272 g/mol. The van der Waals surface area contributed by atoms with E-state index in [2.05, 4.69) is 0 Å². The number of hydrogen-bond donors (Lipinski definition) is 2. The number of nitrogens with two attached hydrogens (primary N) is 1. The Bertz CT molecular complexity index is 423. The molecule has 0 aliphatic carbocycles. The number of halogens is 1. The van der Waals surface area contributed by atoms with E-state index >= 15 is 0 Å². The van der Waals surface area contributed by atoms with Crippen molar-refractivity contribution in [2.75, 3.05) is 19.8 Å². The number of rotatable bonds is 2. The van der Waals surface area contributed by atoms with Crippen LogP contribution in [0.25, 0.3) is 0 Å². The van der Waals surface area contributed by atoms with E-state index in [1.807, 2.05) is 12.2 Å². The van der Waals surface area contributed by atoms with Gasteiger partial charge >= 0.3 is 7.12 Å². The minimum Gasteiger partial charge on any atom is -0.497 e. The second-order valence-electron chi connectivity index (χ2n) is 4.22. The van der Waals surface area contributed by atoms with E-state index in [1.165, 1.54) is 0 Å². The van der Waals surface area contributed by atoms with Crippen molar-refractivity contribution in [1.82, 2.24) is 0 Å². The van der Waals surface area contributed by atoms with Gasteiger partial charge in [0.1, 0.15) is 6.61 Å². The van der Waals surface area contributed by atoms with Crippen molar-refractivity contribution in [2.45, 2.75) is 12.2 Å². The Morgan fingerprint density at radius 1 is 1.44 bits per heavy atom. The van der Waals surface area contributed by atoms with Crippen LogP contribution >= 0.6 is 12.4 Å². The minimum atomic E-state index is -0.429. The molecule has 0 spiro atoms. The van der Waals surface area contributed by atoms with Gasteiger partial charge in [0.05, 0.1) is 25.1 Å². The average Bonchev–Trinajstić information content (AvgIpc) is 2.57. The van der Waals surface area contributed by atoms with Gasteiger partial charge < -0.3 is 24.9 Å². The Labute approximate surface area is 112 Å². The summed E-state index contributed by atoms with van der Waals surface area (Å²) in [6.07, 6.45) is 5.04. The summed E-state index contributed by atoms with van der Waals surface area (Å²) in [5.41, 5.74) is 8.59. The first-order chi connectivity index (χ1) is 8.33. The lowest BCUT2D eigenvalue weighted by atomic mass is 9.70. The SMILES string of the molecule is Cl.NC[C@@H]1C=C2C=COCC3=C2B(O[C@H]3CO)O1. The molecule has 5 nitrogen and oxygen atoms in total. The van der Waals surface area contributed by atoms with Crippen LogP contribution in [0.15, 0.2) is 35.0 Å². The smallest absolute Gasteiger partial charge is 0.495 e. The predicted octanol–water partition coefficient (Wildman–Crippen LogP) is -0.0489. The number of aliphatic hydroxyl groups excluding tert-OH is 1. The highest BCUT2D eigenvalue weighted by atomic mass is 35.5. The molecule has 0 bridgehead atoms. The van der Waals surface area contributed by atoms with Crippen LogP contribution in [0.5, 0.6) is 0 Å². The topological polar surface area (TPSA) is 73.9 Å². The maximum Gasteiger partial charge on any atom is 0.495 e. The van der Waals surface area contributed by atoms with Crippen LogP contribution in [0.4, 0.5) is 0 Å². The third-order valence-electron chi connectivity index (χ3n) is 3.21. The monoisotopic (exact) mass is 271 g/mol. The zero-order chi connectivity index (χ0) is 11.8. The van der Waals surface area contributed by atoms with Crippen molar-refractivity contribution in [3.05, 3.63) is 35.0 Å². The quantitative estimate of drug-likeness (QED) is 0.689. The Balaban J connectivity index is 0.00000120. The van der Waals surface area contributed by atoms with Crippen LogP contribution in [-0.2, 0) is 14.0 Å². The van der Waals surface area contributed by atoms with Crippen LogP contribution in [0, 0.1) is 0 Å². The van der Waals surface area contributed by atoms with Gasteiger partial charge in [-0.15, -0.1) is 12.4 Å². The van der Waals surface area contributed by atoms with E-state index in [-0.39, 0.29) is 31.2 Å². The summed E-state index contributed by atoms with van der Waals surface area (Å²) in [5, 5.41) is 9.31. The second kappa shape index (κ2) is 5.46. The molecular formula is C11H15BClNO4. The molecule has 3 N–H and O–H groups in total. The Morgan fingerprint density at radius 3 is 3.00 bits per heavy atom. The summed E-state index contributed by atoms with van der Waals surface area (Å²) in [7, 11) is -0.429. The molecular weight excluding hydrogens is 256 g/mol. The normalized spacial score (nSPS) is 29.2. The third kappa shape index (κ3) is 2.11. The van der Waals surface area contributed by atoms with Gasteiger partial charge in [0.25, 0.3) is 0 Å². The molecule has 0 saturated carbocycles. The molecule has 0 aromatic heterocycles. The van der Waals surface area contributed by atoms with Crippen LogP contribution in [0.3, 0.4) is 0 Å². The van der Waals surface area contributed by atoms with Crippen LogP contribution in [0.1, 0.15) is 0 Å². The summed E-state index contributed by atoms with van der Waals surface area (Å²) in [6, 6.07) is 0. The second-order valence-corrected chi connectivity index (χ2v) is 4.22. The van der Waals surface area contributed by atoms with E-state index in [0.717, 1.165) is 16.6 Å². The van der Waals surface area contributed by atoms with Crippen LogP contribution in [0.2, 0.25) is 0 Å². The maximum atomic E-state index is 9.31. The lowest BCUT2D eigenvalue weighted by molar-refractivity contribution is 0.100. The van der Waals surface area contributed by atoms with Crippen molar-refractivity contribution < 1.29 is 19.2 Å². The Kier molecular flexibility index (Phi) is 4.14. The minimum absolute atomic E-state index is 0. The lowest BCUT2D eigenvalue weighted by Crippen LogP contribution is -2.37. The van der Waals surface area contributed by atoms with Crippen molar-refractivity contribution in [3.63, 3.8) is 0 Å². The van der Waals surface area contributed by atoms with Gasteiger partial charge in [0.15, 0.2) is 0 Å². The number of allylic oxidation sites excluding steroid dienone is 3. The first-order valence-electron chi connectivity index (χ1n) is 5.68. The molecule has 0 fully saturated rings. The van der Waals surface area contributed by atoms with Gasteiger partial charge in [-0.25, -0.2) is 0 Å². The molecule has 0 saturated heterocycles. The molecule has 0 amide bonds. The van der Waals surface area contributed by atoms with Crippen LogP contribution < -0.4 is 5.73 Å². The van der Waals surface area contributed by atoms with Crippen molar-refractivity contribution in [3.8, 4) is 0 Å². The summed E-state index contributed by atoms with van der Waals surface area (Å²) in [4.78, 5) is 0. The first-order valence-corrected chi connectivity index (χ1v) is 5.68. The highest BCUT2D eigenvalue weighted by molar-refractivity contribution is 6.57. The fraction of sp³-hybridized carbons (Fsp3) is 0.455. The molecule has 0 unspecified atom stereocenters. The van der Waals surface area contributed by atoms with Crippen molar-refractivity contribution in [2.24, 2.45) is 5.73 Å². The summed E-state index contributed by atoms with van der Waals surface area (Å²) in [5.74, 6) is 0. The number of hydrogen-bond acceptors (Lipinski definition) is 5. The van der Waals surface area contributed by atoms with E-state index < -0.39 is 7.12 Å². The lowest BCUT2D eigenvalue weighted by Gasteiger charge is -2.24. The molecule has 0 aromatic carbocycles.